The first-order chi connectivity index (χ1) is 9.74. The van der Waals surface area contributed by atoms with Gasteiger partial charge in [-0.05, 0) is 31.2 Å². The lowest BCUT2D eigenvalue weighted by Gasteiger charge is -2.26. The number of hydrogen-bond donors (Lipinski definition) is 1. The Balaban J connectivity index is 1.64. The molecule has 0 radical (unpaired) electrons. The van der Waals surface area contributed by atoms with Crippen LogP contribution in [0.15, 0.2) is 47.1 Å². The van der Waals surface area contributed by atoms with E-state index < -0.39 is 6.10 Å². The Kier molecular flexibility index (Phi) is 3.33. The lowest BCUT2D eigenvalue weighted by atomic mass is 10.2. The van der Waals surface area contributed by atoms with Crippen LogP contribution in [-0.4, -0.2) is 18.6 Å². The lowest BCUT2D eigenvalue weighted by Crippen LogP contribution is -2.44. The van der Waals surface area contributed by atoms with Gasteiger partial charge in [-0.2, -0.15) is 0 Å². The number of carbonyl (C=O) groups excluding carboxylic acids is 1. The van der Waals surface area contributed by atoms with Crippen LogP contribution in [0.3, 0.4) is 0 Å². The SMILES string of the molecule is C[C@H](NC(=O)[C@@H]1COc2ccccc2O1)c1ccco1. The molecule has 1 aliphatic rings. The Bertz CT molecular complexity index is 594. The van der Waals surface area contributed by atoms with Crippen LogP contribution in [-0.2, 0) is 4.79 Å². The Labute approximate surface area is 116 Å². The molecule has 0 bridgehead atoms. The molecule has 0 saturated heterocycles. The average Bonchev–Trinajstić information content (AvgIpc) is 3.01. The largest absolute Gasteiger partial charge is 0.485 e. The summed E-state index contributed by atoms with van der Waals surface area (Å²) in [5.74, 6) is 1.74. The Morgan fingerprint density at radius 2 is 2.05 bits per heavy atom. The summed E-state index contributed by atoms with van der Waals surface area (Å²) in [6.07, 6.45) is 0.927. The van der Waals surface area contributed by atoms with Crippen molar-refractivity contribution in [1.82, 2.24) is 5.32 Å². The molecule has 3 rings (SSSR count). The topological polar surface area (TPSA) is 60.7 Å². The van der Waals surface area contributed by atoms with Gasteiger partial charge in [-0.3, -0.25) is 4.79 Å². The van der Waals surface area contributed by atoms with E-state index in [-0.39, 0.29) is 18.6 Å². The first kappa shape index (κ1) is 12.6. The minimum Gasteiger partial charge on any atom is -0.485 e. The van der Waals surface area contributed by atoms with Crippen molar-refractivity contribution in [2.45, 2.75) is 19.1 Å². The van der Waals surface area contributed by atoms with E-state index in [2.05, 4.69) is 5.32 Å². The first-order valence-electron chi connectivity index (χ1n) is 6.46. The zero-order chi connectivity index (χ0) is 13.9. The fourth-order valence-electron chi connectivity index (χ4n) is 2.06. The summed E-state index contributed by atoms with van der Waals surface area (Å²) in [5, 5.41) is 2.85. The lowest BCUT2D eigenvalue weighted by molar-refractivity contribution is -0.131. The van der Waals surface area contributed by atoms with Crippen molar-refractivity contribution in [2.75, 3.05) is 6.61 Å². The number of hydrogen-bond acceptors (Lipinski definition) is 4. The number of nitrogens with one attached hydrogen (secondary N) is 1. The summed E-state index contributed by atoms with van der Waals surface area (Å²) in [4.78, 5) is 12.2. The molecule has 0 fully saturated rings. The molecule has 2 heterocycles. The van der Waals surface area contributed by atoms with Crippen LogP contribution in [0.5, 0.6) is 11.5 Å². The molecule has 5 heteroatoms. The minimum atomic E-state index is -0.651. The van der Waals surface area contributed by atoms with E-state index in [0.717, 1.165) is 0 Å². The number of carbonyl (C=O) groups is 1. The molecule has 1 amide bonds. The molecule has 1 N–H and O–H groups in total. The molecule has 1 aromatic heterocycles. The quantitative estimate of drug-likeness (QED) is 0.932. The van der Waals surface area contributed by atoms with Gasteiger partial charge in [0.1, 0.15) is 12.4 Å². The van der Waals surface area contributed by atoms with Crippen LogP contribution in [0.2, 0.25) is 0 Å². The van der Waals surface area contributed by atoms with Crippen molar-refractivity contribution in [2.24, 2.45) is 0 Å². The van der Waals surface area contributed by atoms with E-state index in [9.17, 15) is 4.79 Å². The van der Waals surface area contributed by atoms with E-state index in [0.29, 0.717) is 17.3 Å². The summed E-state index contributed by atoms with van der Waals surface area (Å²) < 4.78 is 16.4. The highest BCUT2D eigenvalue weighted by Crippen LogP contribution is 2.31. The summed E-state index contributed by atoms with van der Waals surface area (Å²) >= 11 is 0. The molecular formula is C15H15NO4. The zero-order valence-corrected chi connectivity index (χ0v) is 11.0. The highest BCUT2D eigenvalue weighted by molar-refractivity contribution is 5.82. The second-order valence-corrected chi connectivity index (χ2v) is 4.61. The smallest absolute Gasteiger partial charge is 0.265 e. The van der Waals surface area contributed by atoms with Crippen LogP contribution < -0.4 is 14.8 Å². The molecule has 0 saturated carbocycles. The molecule has 20 heavy (non-hydrogen) atoms. The van der Waals surface area contributed by atoms with Gasteiger partial charge in [0, 0.05) is 0 Å². The highest BCUT2D eigenvalue weighted by atomic mass is 16.6. The standard InChI is InChI=1S/C15H15NO4/c1-10(11-7-4-8-18-11)16-15(17)14-9-19-12-5-2-3-6-13(12)20-14/h2-8,10,14H,9H2,1H3,(H,16,17)/t10-,14-/m0/s1. The molecule has 1 aliphatic heterocycles. The van der Waals surface area contributed by atoms with Gasteiger partial charge in [0.25, 0.3) is 5.91 Å². The van der Waals surface area contributed by atoms with Crippen molar-refractivity contribution in [1.29, 1.82) is 0 Å². The van der Waals surface area contributed by atoms with Gasteiger partial charge in [-0.25, -0.2) is 0 Å². The summed E-state index contributed by atoms with van der Waals surface area (Å²) in [6.45, 7) is 2.06. The van der Waals surface area contributed by atoms with Gasteiger partial charge in [0.2, 0.25) is 6.10 Å². The summed E-state index contributed by atoms with van der Waals surface area (Å²) in [7, 11) is 0. The van der Waals surface area contributed by atoms with E-state index >= 15 is 0 Å². The van der Waals surface area contributed by atoms with Crippen molar-refractivity contribution >= 4 is 5.91 Å². The second kappa shape index (κ2) is 5.28. The average molecular weight is 273 g/mol. The van der Waals surface area contributed by atoms with E-state index in [4.69, 9.17) is 13.9 Å². The third-order valence-electron chi connectivity index (χ3n) is 3.13. The van der Waals surface area contributed by atoms with Crippen LogP contribution in [0.25, 0.3) is 0 Å². The number of ether oxygens (including phenoxy) is 2. The number of amides is 1. The Morgan fingerprint density at radius 3 is 2.80 bits per heavy atom. The number of para-hydroxylation sites is 2. The molecule has 5 nitrogen and oxygen atoms in total. The Morgan fingerprint density at radius 1 is 1.25 bits per heavy atom. The molecule has 1 aromatic carbocycles. The van der Waals surface area contributed by atoms with Crippen LogP contribution in [0.4, 0.5) is 0 Å². The van der Waals surface area contributed by atoms with E-state index in [1.165, 1.54) is 0 Å². The fraction of sp³-hybridized carbons (Fsp3) is 0.267. The van der Waals surface area contributed by atoms with E-state index in [1.807, 2.05) is 31.2 Å². The van der Waals surface area contributed by atoms with Gasteiger partial charge in [0.15, 0.2) is 11.5 Å². The second-order valence-electron chi connectivity index (χ2n) is 4.61. The van der Waals surface area contributed by atoms with Crippen LogP contribution in [0.1, 0.15) is 18.7 Å². The minimum absolute atomic E-state index is 0.202. The monoisotopic (exact) mass is 273 g/mol. The molecule has 0 unspecified atom stereocenters. The number of fused-ring (bicyclic) bond motifs is 1. The normalized spacial score (nSPS) is 18.4. The Hall–Kier alpha value is -2.43. The first-order valence-corrected chi connectivity index (χ1v) is 6.46. The predicted octanol–water partition coefficient (Wildman–Crippen LogP) is 2.30. The maximum Gasteiger partial charge on any atom is 0.265 e. The van der Waals surface area contributed by atoms with Gasteiger partial charge < -0.3 is 19.2 Å². The maximum absolute atomic E-state index is 12.2. The molecule has 104 valence electrons. The van der Waals surface area contributed by atoms with Crippen molar-refractivity contribution in [3.63, 3.8) is 0 Å². The van der Waals surface area contributed by atoms with Gasteiger partial charge in [-0.1, -0.05) is 12.1 Å². The molecule has 0 aliphatic carbocycles. The van der Waals surface area contributed by atoms with Crippen LogP contribution in [0, 0.1) is 0 Å². The van der Waals surface area contributed by atoms with Gasteiger partial charge >= 0.3 is 0 Å². The molecule has 2 atom stereocenters. The van der Waals surface area contributed by atoms with Crippen LogP contribution >= 0.6 is 0 Å². The maximum atomic E-state index is 12.2. The number of benzene rings is 1. The summed E-state index contributed by atoms with van der Waals surface area (Å²) in [6, 6.07) is 10.7. The highest BCUT2D eigenvalue weighted by Gasteiger charge is 2.28. The van der Waals surface area contributed by atoms with Gasteiger partial charge in [-0.15, -0.1) is 0 Å². The van der Waals surface area contributed by atoms with Crippen molar-refractivity contribution in [3.05, 3.63) is 48.4 Å². The molecule has 2 aromatic rings. The third-order valence-corrected chi connectivity index (χ3v) is 3.13. The van der Waals surface area contributed by atoms with Crippen molar-refractivity contribution < 1.29 is 18.7 Å². The van der Waals surface area contributed by atoms with Gasteiger partial charge in [0.05, 0.1) is 12.3 Å². The predicted molar refractivity (Wildman–Crippen MR) is 71.6 cm³/mol. The van der Waals surface area contributed by atoms with E-state index in [1.54, 1.807) is 18.4 Å². The number of rotatable bonds is 3. The van der Waals surface area contributed by atoms with Crippen molar-refractivity contribution in [3.8, 4) is 11.5 Å². The summed E-state index contributed by atoms with van der Waals surface area (Å²) in [5.41, 5.74) is 0. The fourth-order valence-corrected chi connectivity index (χ4v) is 2.06. The molecular weight excluding hydrogens is 258 g/mol. The zero-order valence-electron chi connectivity index (χ0n) is 11.0. The third kappa shape index (κ3) is 2.47. The number of furan rings is 1. The molecule has 0 spiro atoms.